The third-order valence-electron chi connectivity index (χ3n) is 4.56. The van der Waals surface area contributed by atoms with E-state index in [1.54, 1.807) is 0 Å². The number of halogens is 1. The molecule has 1 atom stereocenters. The molecule has 154 valence electrons. The molecule has 1 heterocycles. The summed E-state index contributed by atoms with van der Waals surface area (Å²) >= 11 is 0. The van der Waals surface area contributed by atoms with Crippen molar-refractivity contribution < 1.29 is 8.42 Å². The topological polar surface area (TPSA) is 73.8 Å². The molecular formula is C19H33IN4O2S. The minimum atomic E-state index is -2.81. The van der Waals surface area contributed by atoms with E-state index in [2.05, 4.69) is 58.6 Å². The van der Waals surface area contributed by atoms with Gasteiger partial charge in [-0.3, -0.25) is 9.89 Å². The molecule has 0 saturated carbocycles. The van der Waals surface area contributed by atoms with Crippen LogP contribution in [-0.2, 0) is 16.3 Å². The molecule has 1 saturated heterocycles. The first-order chi connectivity index (χ1) is 12.5. The van der Waals surface area contributed by atoms with Crippen LogP contribution in [0.25, 0.3) is 0 Å². The first-order valence-corrected chi connectivity index (χ1v) is 11.3. The minimum Gasteiger partial charge on any atom is -0.357 e. The van der Waals surface area contributed by atoms with E-state index in [4.69, 9.17) is 0 Å². The van der Waals surface area contributed by atoms with Crippen LogP contribution in [0.4, 0.5) is 0 Å². The predicted octanol–water partition coefficient (Wildman–Crippen LogP) is 1.91. The maximum absolute atomic E-state index is 11.5. The van der Waals surface area contributed by atoms with Crippen LogP contribution in [-0.4, -0.2) is 69.5 Å². The number of benzene rings is 1. The zero-order chi connectivity index (χ0) is 18.8. The second-order valence-electron chi connectivity index (χ2n) is 6.82. The van der Waals surface area contributed by atoms with Gasteiger partial charge in [0.05, 0.1) is 18.1 Å². The Morgan fingerprint density at radius 1 is 1.22 bits per heavy atom. The van der Waals surface area contributed by atoms with Crippen molar-refractivity contribution in [3.63, 3.8) is 0 Å². The van der Waals surface area contributed by atoms with Gasteiger partial charge in [-0.2, -0.15) is 0 Å². The molecule has 0 amide bonds. The third kappa shape index (κ3) is 9.75. The van der Waals surface area contributed by atoms with Crippen molar-refractivity contribution in [2.45, 2.75) is 32.7 Å². The van der Waals surface area contributed by atoms with Crippen molar-refractivity contribution in [1.82, 2.24) is 15.5 Å². The van der Waals surface area contributed by atoms with Gasteiger partial charge in [0.2, 0.25) is 0 Å². The van der Waals surface area contributed by atoms with E-state index >= 15 is 0 Å². The zero-order valence-corrected chi connectivity index (χ0v) is 19.5. The molecule has 0 radical (unpaired) electrons. The Labute approximate surface area is 181 Å². The number of aryl methyl sites for hydroxylation is 1. The lowest BCUT2D eigenvalue weighted by Crippen LogP contribution is -2.44. The molecule has 0 aromatic heterocycles. The second kappa shape index (κ2) is 12.6. The van der Waals surface area contributed by atoms with Crippen molar-refractivity contribution in [2.24, 2.45) is 4.99 Å². The van der Waals surface area contributed by atoms with Crippen molar-refractivity contribution in [1.29, 1.82) is 0 Å². The maximum atomic E-state index is 11.5. The monoisotopic (exact) mass is 508 g/mol. The Hall–Kier alpha value is -0.870. The Balaban J connectivity index is 0.00000364. The van der Waals surface area contributed by atoms with E-state index in [9.17, 15) is 8.42 Å². The minimum absolute atomic E-state index is 0. The number of hydrogen-bond donors (Lipinski definition) is 2. The van der Waals surface area contributed by atoms with E-state index in [1.165, 1.54) is 5.56 Å². The largest absolute Gasteiger partial charge is 0.357 e. The number of aliphatic imine (C=N–C) groups is 1. The predicted molar refractivity (Wildman–Crippen MR) is 124 cm³/mol. The Kier molecular flexibility index (Phi) is 11.2. The summed E-state index contributed by atoms with van der Waals surface area (Å²) in [5.74, 6) is 1.37. The average molecular weight is 508 g/mol. The molecule has 1 aliphatic rings. The fourth-order valence-electron chi connectivity index (χ4n) is 2.93. The van der Waals surface area contributed by atoms with Crippen LogP contribution in [0.2, 0.25) is 0 Å². The van der Waals surface area contributed by atoms with E-state index < -0.39 is 9.84 Å². The van der Waals surface area contributed by atoms with Crippen LogP contribution in [0.5, 0.6) is 0 Å². The highest BCUT2D eigenvalue weighted by Gasteiger charge is 2.20. The highest BCUT2D eigenvalue weighted by molar-refractivity contribution is 14.0. The molecule has 8 heteroatoms. The zero-order valence-electron chi connectivity index (χ0n) is 16.4. The van der Waals surface area contributed by atoms with Gasteiger partial charge in [0, 0.05) is 32.2 Å². The van der Waals surface area contributed by atoms with Gasteiger partial charge in [-0.15, -0.1) is 24.0 Å². The SMILES string of the molecule is CCNC(=NCCN1CCS(=O)(=O)CC1)NC(C)CCc1ccccc1.I. The first kappa shape index (κ1) is 24.2. The van der Waals surface area contributed by atoms with Crippen LogP contribution in [0.3, 0.4) is 0 Å². The number of rotatable bonds is 8. The Bertz CT molecular complexity index is 654. The van der Waals surface area contributed by atoms with Crippen LogP contribution in [0.1, 0.15) is 25.8 Å². The molecule has 0 bridgehead atoms. The molecule has 1 aromatic carbocycles. The van der Waals surface area contributed by atoms with Gasteiger partial charge < -0.3 is 10.6 Å². The molecule has 0 spiro atoms. The molecule has 2 rings (SSSR count). The highest BCUT2D eigenvalue weighted by atomic mass is 127. The van der Waals surface area contributed by atoms with E-state index in [1.807, 2.05) is 6.07 Å². The third-order valence-corrected chi connectivity index (χ3v) is 6.17. The van der Waals surface area contributed by atoms with Gasteiger partial charge in [-0.1, -0.05) is 30.3 Å². The van der Waals surface area contributed by atoms with Crippen LogP contribution >= 0.6 is 24.0 Å². The van der Waals surface area contributed by atoms with Gasteiger partial charge in [0.1, 0.15) is 0 Å². The van der Waals surface area contributed by atoms with Gasteiger partial charge in [-0.25, -0.2) is 8.42 Å². The number of sulfone groups is 1. The van der Waals surface area contributed by atoms with Gasteiger partial charge in [0.15, 0.2) is 15.8 Å². The van der Waals surface area contributed by atoms with Crippen LogP contribution in [0.15, 0.2) is 35.3 Å². The van der Waals surface area contributed by atoms with Crippen LogP contribution < -0.4 is 10.6 Å². The Morgan fingerprint density at radius 2 is 1.89 bits per heavy atom. The molecule has 2 N–H and O–H groups in total. The van der Waals surface area contributed by atoms with Crippen LogP contribution in [0, 0.1) is 0 Å². The fourth-order valence-corrected chi connectivity index (χ4v) is 4.21. The molecule has 1 fully saturated rings. The smallest absolute Gasteiger partial charge is 0.191 e. The van der Waals surface area contributed by atoms with Crippen molar-refractivity contribution in [3.05, 3.63) is 35.9 Å². The van der Waals surface area contributed by atoms with E-state index in [0.29, 0.717) is 25.7 Å². The van der Waals surface area contributed by atoms with Gasteiger partial charge >= 0.3 is 0 Å². The molecule has 6 nitrogen and oxygen atoms in total. The summed E-state index contributed by atoms with van der Waals surface area (Å²) in [6.45, 7) is 7.75. The summed E-state index contributed by atoms with van der Waals surface area (Å²) in [5, 5.41) is 6.75. The lowest BCUT2D eigenvalue weighted by atomic mass is 10.1. The summed E-state index contributed by atoms with van der Waals surface area (Å²) < 4.78 is 22.9. The molecule has 0 aliphatic carbocycles. The molecule has 27 heavy (non-hydrogen) atoms. The van der Waals surface area contributed by atoms with E-state index in [0.717, 1.165) is 31.9 Å². The summed E-state index contributed by atoms with van der Waals surface area (Å²) in [7, 11) is -2.81. The summed E-state index contributed by atoms with van der Waals surface area (Å²) in [4.78, 5) is 6.82. The standard InChI is InChI=1S/C19H32N4O2S.HI/c1-3-20-19(21-11-12-23-13-15-26(24,25)16-14-23)22-17(2)9-10-18-7-5-4-6-8-18;/h4-8,17H,3,9-16H2,1-2H3,(H2,20,21,22);1H. The lowest BCUT2D eigenvalue weighted by Gasteiger charge is -2.26. The summed E-state index contributed by atoms with van der Waals surface area (Å²) in [6, 6.07) is 10.8. The normalized spacial score (nSPS) is 18.4. The highest BCUT2D eigenvalue weighted by Crippen LogP contribution is 2.05. The maximum Gasteiger partial charge on any atom is 0.191 e. The number of guanidine groups is 1. The molecular weight excluding hydrogens is 475 g/mol. The molecule has 1 aliphatic heterocycles. The van der Waals surface area contributed by atoms with Gasteiger partial charge in [-0.05, 0) is 32.3 Å². The first-order valence-electron chi connectivity index (χ1n) is 9.50. The average Bonchev–Trinajstić information content (AvgIpc) is 2.62. The van der Waals surface area contributed by atoms with Crippen molar-refractivity contribution in [2.75, 3.05) is 44.2 Å². The number of nitrogens with one attached hydrogen (secondary N) is 2. The lowest BCUT2D eigenvalue weighted by molar-refractivity contribution is 0.304. The number of hydrogen-bond acceptors (Lipinski definition) is 4. The number of nitrogens with zero attached hydrogens (tertiary/aromatic N) is 2. The summed E-state index contributed by atoms with van der Waals surface area (Å²) in [6.07, 6.45) is 2.08. The van der Waals surface area contributed by atoms with Crippen molar-refractivity contribution >= 4 is 39.8 Å². The molecule has 1 aromatic rings. The van der Waals surface area contributed by atoms with E-state index in [-0.39, 0.29) is 35.5 Å². The van der Waals surface area contributed by atoms with Crippen molar-refractivity contribution in [3.8, 4) is 0 Å². The Morgan fingerprint density at radius 3 is 2.52 bits per heavy atom. The van der Waals surface area contributed by atoms with Gasteiger partial charge in [0.25, 0.3) is 0 Å². The fraction of sp³-hybridized carbons (Fsp3) is 0.632. The second-order valence-corrected chi connectivity index (χ2v) is 9.13. The summed E-state index contributed by atoms with van der Waals surface area (Å²) in [5.41, 5.74) is 1.35. The molecule has 1 unspecified atom stereocenters. The quantitative estimate of drug-likeness (QED) is 0.319.